The van der Waals surface area contributed by atoms with E-state index in [1.165, 1.54) is 0 Å². The van der Waals surface area contributed by atoms with Crippen molar-refractivity contribution >= 4 is 12.8 Å². The van der Waals surface area contributed by atoms with Crippen LogP contribution in [-0.4, -0.2) is 15.4 Å². The van der Waals surface area contributed by atoms with E-state index in [0.29, 0.717) is 0 Å². The third kappa shape index (κ3) is 3.28. The molecule has 1 rings (SSSR count). The number of nitrogens with two attached hydrogens (primary N) is 1. The lowest BCUT2D eigenvalue weighted by Gasteiger charge is -1.46. The number of thiol groups is 1. The Labute approximate surface area is 46.7 Å². The van der Waals surface area contributed by atoms with Gasteiger partial charge in [0.2, 0.25) is 0 Å². The first-order chi connectivity index (χ1) is 3.50. The van der Waals surface area contributed by atoms with E-state index < -0.39 is 0 Å². The predicted octanol–water partition coefficient (Wildman–Crippen LogP) is -0.405. The summed E-state index contributed by atoms with van der Waals surface area (Å²) in [5.41, 5.74) is 0. The average molecular weight is 118 g/mol. The lowest BCUT2D eigenvalue weighted by molar-refractivity contribution is 0.940. The van der Waals surface area contributed by atoms with Crippen LogP contribution in [0.2, 0.25) is 0 Å². The van der Waals surface area contributed by atoms with E-state index in [0.717, 1.165) is 0 Å². The minimum atomic E-state index is 1.58. The highest BCUT2D eigenvalue weighted by Crippen LogP contribution is 1.55. The lowest BCUT2D eigenvalue weighted by atomic mass is 11.0. The van der Waals surface area contributed by atoms with Crippen LogP contribution in [0.5, 0.6) is 0 Å². The van der Waals surface area contributed by atoms with Crippen LogP contribution in [0.1, 0.15) is 0 Å². The van der Waals surface area contributed by atoms with Crippen LogP contribution in [-0.2, 0) is 0 Å². The summed E-state index contributed by atoms with van der Waals surface area (Å²) in [5, 5.41) is 13.5. The summed E-state index contributed by atoms with van der Waals surface area (Å²) in [6, 6.07) is 0. The van der Waals surface area contributed by atoms with Crippen molar-refractivity contribution in [3.05, 3.63) is 12.4 Å². The third-order valence-corrected chi connectivity index (χ3v) is 0.331. The van der Waals surface area contributed by atoms with Crippen molar-refractivity contribution in [2.45, 2.75) is 0 Å². The van der Waals surface area contributed by atoms with Crippen LogP contribution in [0.15, 0.2) is 12.4 Å². The van der Waals surface area contributed by atoms with E-state index in [2.05, 4.69) is 33.4 Å². The maximum atomic E-state index is 4.19. The molecule has 0 radical (unpaired) electrons. The first-order valence-electron chi connectivity index (χ1n) is 1.56. The summed E-state index contributed by atoms with van der Waals surface area (Å²) in [4.78, 5) is 0. The number of H-pyrrole nitrogens is 1. The van der Waals surface area contributed by atoms with E-state index in [1.807, 2.05) is 0 Å². The van der Waals surface area contributed by atoms with Crippen molar-refractivity contribution < 1.29 is 0 Å². The molecule has 1 aromatic heterocycles. The molecular formula is C2H6N4S. The number of aromatic amines is 1. The van der Waals surface area contributed by atoms with E-state index >= 15 is 0 Å². The van der Waals surface area contributed by atoms with Gasteiger partial charge in [0.15, 0.2) is 0 Å². The lowest BCUT2D eigenvalue weighted by Crippen LogP contribution is -1.61. The van der Waals surface area contributed by atoms with Crippen LogP contribution in [0.4, 0.5) is 0 Å². The molecule has 0 spiro atoms. The summed E-state index contributed by atoms with van der Waals surface area (Å²) in [6.45, 7) is 0. The van der Waals surface area contributed by atoms with Gasteiger partial charge in [0, 0.05) is 6.20 Å². The highest BCUT2D eigenvalue weighted by molar-refractivity contribution is 7.77. The number of aromatic nitrogens is 3. The third-order valence-electron chi connectivity index (χ3n) is 0.331. The highest BCUT2D eigenvalue weighted by atomic mass is 32.1. The van der Waals surface area contributed by atoms with Crippen molar-refractivity contribution in [2.24, 2.45) is 5.14 Å². The van der Waals surface area contributed by atoms with Gasteiger partial charge < -0.3 is 0 Å². The Morgan fingerprint density at radius 3 is 2.43 bits per heavy atom. The molecule has 1 aromatic rings. The Balaban J connectivity index is 0.000000162. The van der Waals surface area contributed by atoms with Gasteiger partial charge in [-0.15, -0.1) is 17.9 Å². The van der Waals surface area contributed by atoms with Gasteiger partial charge in [0.1, 0.15) is 0 Å². The second-order valence-electron chi connectivity index (χ2n) is 0.660. The molecular weight excluding hydrogens is 112 g/mol. The normalized spacial score (nSPS) is 6.57. The van der Waals surface area contributed by atoms with Crippen LogP contribution < -0.4 is 5.14 Å². The van der Waals surface area contributed by atoms with Crippen LogP contribution in [0.3, 0.4) is 0 Å². The summed E-state index contributed by atoms with van der Waals surface area (Å²) in [7, 11) is 0. The molecule has 0 fully saturated rings. The summed E-state index contributed by atoms with van der Waals surface area (Å²) >= 11 is 3.03. The first-order valence-corrected chi connectivity index (χ1v) is 2.08. The van der Waals surface area contributed by atoms with E-state index in [9.17, 15) is 0 Å². The molecule has 0 bridgehead atoms. The van der Waals surface area contributed by atoms with Crippen LogP contribution >= 0.6 is 12.8 Å². The minimum Gasteiger partial charge on any atom is -0.281 e. The van der Waals surface area contributed by atoms with Gasteiger partial charge in [-0.1, -0.05) is 5.21 Å². The van der Waals surface area contributed by atoms with Gasteiger partial charge in [-0.25, -0.2) is 0 Å². The van der Waals surface area contributed by atoms with Gasteiger partial charge in [0.25, 0.3) is 0 Å². The number of hydrogen-bond donors (Lipinski definition) is 3. The Morgan fingerprint density at radius 2 is 2.29 bits per heavy atom. The summed E-state index contributed by atoms with van der Waals surface area (Å²) in [6.07, 6.45) is 3.24. The van der Waals surface area contributed by atoms with Crippen LogP contribution in [0.25, 0.3) is 0 Å². The smallest absolute Gasteiger partial charge is 0.0690 e. The predicted molar refractivity (Wildman–Crippen MR) is 29.6 cm³/mol. The zero-order valence-corrected chi connectivity index (χ0v) is 4.47. The van der Waals surface area contributed by atoms with Crippen molar-refractivity contribution in [1.82, 2.24) is 15.4 Å². The molecule has 3 N–H and O–H groups in total. The molecule has 1 heterocycles. The van der Waals surface area contributed by atoms with Gasteiger partial charge in [-0.05, 0) is 0 Å². The second kappa shape index (κ2) is 5.45. The molecule has 0 unspecified atom stereocenters. The zero-order valence-electron chi connectivity index (χ0n) is 3.57. The minimum absolute atomic E-state index is 1.58. The number of nitrogens with one attached hydrogen (secondary N) is 1. The first kappa shape index (κ1) is 6.45. The Hall–Kier alpha value is -0.550. The standard InChI is InChI=1S/C2H3N3.H3NS/c1-2-4-5-3-1;1-2/h1-2H,(H,3,4,5);2H,1H2. The zero-order chi connectivity index (χ0) is 5.54. The number of hydrogen-bond acceptors (Lipinski definition) is 4. The molecule has 0 saturated carbocycles. The Morgan fingerprint density at radius 1 is 1.57 bits per heavy atom. The largest absolute Gasteiger partial charge is 0.281 e. The molecule has 5 heteroatoms. The highest BCUT2D eigenvalue weighted by Gasteiger charge is 1.57. The van der Waals surface area contributed by atoms with Crippen molar-refractivity contribution in [1.29, 1.82) is 0 Å². The van der Waals surface area contributed by atoms with Gasteiger partial charge in [0.05, 0.1) is 6.20 Å². The Bertz CT molecular complexity index is 66.2. The summed E-state index contributed by atoms with van der Waals surface area (Å²) in [5.74, 6) is 0. The Kier molecular flexibility index (Phi) is 5.02. The second-order valence-corrected chi connectivity index (χ2v) is 0.660. The SMILES string of the molecule is NS.c1c[nH]nn1. The van der Waals surface area contributed by atoms with Gasteiger partial charge in [-0.3, -0.25) is 10.2 Å². The van der Waals surface area contributed by atoms with E-state index in [4.69, 9.17) is 0 Å². The van der Waals surface area contributed by atoms with Crippen LogP contribution in [0, 0.1) is 0 Å². The van der Waals surface area contributed by atoms with Gasteiger partial charge >= 0.3 is 0 Å². The fourth-order valence-electron chi connectivity index (χ4n) is 0.167. The van der Waals surface area contributed by atoms with Crippen molar-refractivity contribution in [2.75, 3.05) is 0 Å². The monoisotopic (exact) mass is 118 g/mol. The molecule has 0 aromatic carbocycles. The molecule has 0 aliphatic carbocycles. The molecule has 0 aliphatic rings. The molecule has 0 aliphatic heterocycles. The van der Waals surface area contributed by atoms with Gasteiger partial charge in [-0.2, -0.15) is 0 Å². The quantitative estimate of drug-likeness (QED) is 0.406. The number of nitrogens with zero attached hydrogens (tertiary/aromatic N) is 2. The number of rotatable bonds is 0. The molecule has 7 heavy (non-hydrogen) atoms. The average Bonchev–Trinajstić information content (AvgIpc) is 2.23. The fraction of sp³-hybridized carbons (Fsp3) is 0. The summed E-state index contributed by atoms with van der Waals surface area (Å²) < 4.78 is 0. The van der Waals surface area contributed by atoms with Crippen molar-refractivity contribution in [3.8, 4) is 0 Å². The topological polar surface area (TPSA) is 67.6 Å². The maximum Gasteiger partial charge on any atom is 0.0690 e. The van der Waals surface area contributed by atoms with Crippen molar-refractivity contribution in [3.63, 3.8) is 0 Å². The molecule has 0 saturated heterocycles. The van der Waals surface area contributed by atoms with E-state index in [1.54, 1.807) is 12.4 Å². The maximum absolute atomic E-state index is 4.19. The molecule has 4 nitrogen and oxygen atoms in total. The van der Waals surface area contributed by atoms with E-state index in [-0.39, 0.29) is 0 Å². The molecule has 0 atom stereocenters. The fourth-order valence-corrected chi connectivity index (χ4v) is 0.167. The molecule has 0 amide bonds. The molecule has 40 valence electrons.